The zero-order chi connectivity index (χ0) is 35.2. The molecule has 18 heteroatoms. The molecule has 1 unspecified atom stereocenters. The SMILES string of the molecule is CC(C)CCN1C(=Cc2sc3ccc(Cl)cc3[n+]2CCC(C)S(=O)(=O)O)Sc2ccc(Cl)cc21.CCN(C)c1nc(NO)nc(NO)n1. The van der Waals surface area contributed by atoms with Crippen molar-refractivity contribution in [2.45, 2.75) is 57.2 Å². The van der Waals surface area contributed by atoms with Crippen molar-refractivity contribution >= 4 is 96.2 Å². The summed E-state index contributed by atoms with van der Waals surface area (Å²) in [6.07, 6.45) is 3.49. The lowest BCUT2D eigenvalue weighted by Gasteiger charge is -2.21. The smallest absolute Gasteiger partial charge is 0.267 e. The molecule has 5 N–H and O–H groups in total. The highest BCUT2D eigenvalue weighted by atomic mass is 35.5. The molecule has 0 fully saturated rings. The number of halogens is 2. The van der Waals surface area contributed by atoms with Crippen molar-refractivity contribution in [3.05, 3.63) is 56.5 Å². The van der Waals surface area contributed by atoms with Crippen molar-refractivity contribution in [1.29, 1.82) is 0 Å². The van der Waals surface area contributed by atoms with E-state index in [0.717, 1.165) is 43.8 Å². The molecule has 0 spiro atoms. The van der Waals surface area contributed by atoms with Crippen LogP contribution in [0.5, 0.6) is 0 Å². The Kier molecular flexibility index (Phi) is 13.1. The molecule has 48 heavy (non-hydrogen) atoms. The van der Waals surface area contributed by atoms with Crippen LogP contribution in [0.1, 0.15) is 45.5 Å². The second-order valence-electron chi connectivity index (χ2n) is 11.4. The molecule has 260 valence electrons. The highest BCUT2D eigenvalue weighted by Crippen LogP contribution is 2.48. The molecule has 1 aliphatic heterocycles. The topological polar surface area (TPSA) is 168 Å². The van der Waals surface area contributed by atoms with Crippen molar-refractivity contribution in [1.82, 2.24) is 15.0 Å². The maximum absolute atomic E-state index is 11.6. The first-order chi connectivity index (χ1) is 22.7. The Morgan fingerprint density at radius 3 is 2.27 bits per heavy atom. The molecule has 13 nitrogen and oxygen atoms in total. The Morgan fingerprint density at radius 2 is 1.67 bits per heavy atom. The second-order valence-corrected chi connectivity index (χ2v) is 16.2. The Morgan fingerprint density at radius 1 is 1.02 bits per heavy atom. The quantitative estimate of drug-likeness (QED) is 0.0567. The standard InChI is InChI=1S/C24H26Cl2N2O3S3.C6H12N6O2/c1-15(2)8-10-27-19-12-17(25)4-6-21(19)32-23(27)14-24-28(11-9-16(3)34(29,30)31)20-13-18(26)5-7-22(20)33-24;1-3-12(2)6-8-4(10-13)7-5(9-6)11-14/h4-7,12-16H,8-11H2,1-3H3;13-14H,3H2,1-2H3,(H2,7,8,9,10,11)/p+1. The highest BCUT2D eigenvalue weighted by molar-refractivity contribution is 8.03. The second kappa shape index (κ2) is 16.6. The van der Waals surface area contributed by atoms with Gasteiger partial charge in [0.15, 0.2) is 6.54 Å². The zero-order valence-corrected chi connectivity index (χ0v) is 31.0. The van der Waals surface area contributed by atoms with Gasteiger partial charge in [-0.05, 0) is 56.5 Å². The van der Waals surface area contributed by atoms with Crippen LogP contribution in [-0.2, 0) is 16.7 Å². The third kappa shape index (κ3) is 9.59. The van der Waals surface area contributed by atoms with Gasteiger partial charge in [-0.25, -0.2) is 11.0 Å². The normalized spacial score (nSPS) is 14.2. The van der Waals surface area contributed by atoms with Crippen LogP contribution in [0, 0.1) is 5.92 Å². The Balaban J connectivity index is 0.000000312. The van der Waals surface area contributed by atoms with Crippen molar-refractivity contribution in [2.24, 2.45) is 5.92 Å². The lowest BCUT2D eigenvalue weighted by molar-refractivity contribution is -0.669. The van der Waals surface area contributed by atoms with E-state index in [-0.39, 0.29) is 18.3 Å². The summed E-state index contributed by atoms with van der Waals surface area (Å²) in [6.45, 7) is 9.88. The largest absolute Gasteiger partial charge is 0.344 e. The van der Waals surface area contributed by atoms with Gasteiger partial charge in [-0.1, -0.05) is 60.1 Å². The number of aryl methyl sites for hydroxylation is 1. The summed E-state index contributed by atoms with van der Waals surface area (Å²) in [4.78, 5) is 16.5. The number of nitrogens with one attached hydrogen (secondary N) is 2. The fourth-order valence-corrected chi connectivity index (χ4v) is 7.58. The van der Waals surface area contributed by atoms with Crippen LogP contribution in [0.3, 0.4) is 0 Å². The Hall–Kier alpha value is -2.96. The van der Waals surface area contributed by atoms with E-state index in [9.17, 15) is 13.0 Å². The Bertz CT molecular complexity index is 1850. The number of fused-ring (bicyclic) bond motifs is 2. The summed E-state index contributed by atoms with van der Waals surface area (Å²) in [5.41, 5.74) is 5.62. The summed E-state index contributed by atoms with van der Waals surface area (Å²) in [7, 11) is -2.32. The van der Waals surface area contributed by atoms with Gasteiger partial charge < -0.3 is 9.80 Å². The predicted octanol–water partition coefficient (Wildman–Crippen LogP) is 7.05. The number of thiazole rings is 1. The minimum absolute atomic E-state index is 0.0353. The molecule has 0 saturated carbocycles. The fourth-order valence-electron chi connectivity index (χ4n) is 4.55. The van der Waals surface area contributed by atoms with Gasteiger partial charge in [0.1, 0.15) is 4.70 Å². The molecule has 1 aliphatic rings. The first kappa shape index (κ1) is 37.9. The van der Waals surface area contributed by atoms with Crippen LogP contribution in [0.4, 0.5) is 23.5 Å². The first-order valence-electron chi connectivity index (χ1n) is 15.1. The van der Waals surface area contributed by atoms with Crippen LogP contribution in [0.25, 0.3) is 16.3 Å². The van der Waals surface area contributed by atoms with E-state index >= 15 is 0 Å². The molecule has 0 bridgehead atoms. The number of rotatable bonds is 12. The van der Waals surface area contributed by atoms with Crippen LogP contribution in [-0.4, -0.2) is 63.7 Å². The highest BCUT2D eigenvalue weighted by Gasteiger charge is 2.29. The van der Waals surface area contributed by atoms with E-state index in [0.29, 0.717) is 35.0 Å². The third-order valence-corrected chi connectivity index (χ3v) is 11.4. The summed E-state index contributed by atoms with van der Waals surface area (Å²) >= 11 is 16.0. The van der Waals surface area contributed by atoms with Crippen molar-refractivity contribution in [2.75, 3.05) is 40.9 Å². The molecule has 3 heterocycles. The van der Waals surface area contributed by atoms with Crippen molar-refractivity contribution in [3.63, 3.8) is 0 Å². The van der Waals surface area contributed by atoms with E-state index < -0.39 is 15.4 Å². The summed E-state index contributed by atoms with van der Waals surface area (Å²) in [6, 6.07) is 11.7. The molecule has 0 aliphatic carbocycles. The molecular weight excluding hydrogens is 719 g/mol. The Labute approximate surface area is 298 Å². The summed E-state index contributed by atoms with van der Waals surface area (Å²) in [5.74, 6) is 0.835. The van der Waals surface area contributed by atoms with Crippen LogP contribution in [0.2, 0.25) is 10.0 Å². The molecular formula is C30H39Cl2N8O5S3+. The minimum Gasteiger partial charge on any atom is -0.344 e. The van der Waals surface area contributed by atoms with E-state index in [1.54, 1.807) is 46.0 Å². The fraction of sp³-hybridized carbons (Fsp3) is 0.400. The maximum atomic E-state index is 11.6. The monoisotopic (exact) mass is 757 g/mol. The van der Waals surface area contributed by atoms with Gasteiger partial charge in [-0.15, -0.1) is 0 Å². The van der Waals surface area contributed by atoms with E-state index in [1.807, 2.05) is 37.3 Å². The first-order valence-corrected chi connectivity index (χ1v) is 19.0. The lowest BCUT2D eigenvalue weighted by atomic mass is 10.1. The van der Waals surface area contributed by atoms with Crippen molar-refractivity contribution in [3.8, 4) is 0 Å². The molecule has 4 aromatic rings. The van der Waals surface area contributed by atoms with E-state index in [1.165, 1.54) is 6.92 Å². The van der Waals surface area contributed by atoms with Gasteiger partial charge >= 0.3 is 0 Å². The molecule has 5 rings (SSSR count). The number of hydrogen-bond acceptors (Lipinski definition) is 13. The summed E-state index contributed by atoms with van der Waals surface area (Å²) < 4.78 is 35.8. The van der Waals surface area contributed by atoms with Crippen LogP contribution >= 0.6 is 46.3 Å². The number of nitrogens with zero attached hydrogens (tertiary/aromatic N) is 6. The number of aromatic nitrogens is 4. The molecule has 2 aromatic carbocycles. The average molecular weight is 759 g/mol. The van der Waals surface area contributed by atoms with Gasteiger partial charge in [0.05, 0.1) is 22.0 Å². The van der Waals surface area contributed by atoms with Gasteiger partial charge in [0, 0.05) is 47.6 Å². The molecule has 0 radical (unpaired) electrons. The zero-order valence-electron chi connectivity index (χ0n) is 27.1. The summed E-state index contributed by atoms with van der Waals surface area (Å²) in [5, 5.41) is 19.8. The lowest BCUT2D eigenvalue weighted by Crippen LogP contribution is -2.37. The van der Waals surface area contributed by atoms with Crippen LogP contribution in [0.15, 0.2) is 46.3 Å². The third-order valence-electron chi connectivity index (χ3n) is 7.47. The maximum Gasteiger partial charge on any atom is 0.267 e. The van der Waals surface area contributed by atoms with Crippen molar-refractivity contribution < 1.29 is 28.0 Å². The molecule has 0 saturated heterocycles. The van der Waals surface area contributed by atoms with Gasteiger partial charge in [-0.2, -0.15) is 27.9 Å². The average Bonchev–Trinajstić information content (AvgIpc) is 3.57. The minimum atomic E-state index is -4.09. The number of hydrogen-bond donors (Lipinski definition) is 5. The van der Waals surface area contributed by atoms with E-state index in [4.69, 9.17) is 33.6 Å². The predicted molar refractivity (Wildman–Crippen MR) is 194 cm³/mol. The van der Waals surface area contributed by atoms with Crippen LogP contribution < -0.4 is 25.3 Å². The molecule has 1 atom stereocenters. The molecule has 2 aromatic heterocycles. The van der Waals surface area contributed by atoms with Gasteiger partial charge in [0.2, 0.25) is 11.5 Å². The molecule has 0 amide bonds. The van der Waals surface area contributed by atoms with Gasteiger partial charge in [-0.3, -0.25) is 15.0 Å². The van der Waals surface area contributed by atoms with E-state index in [2.05, 4.69) is 50.4 Å². The number of anilines is 4. The number of thioether (sulfide) groups is 1. The number of benzene rings is 2. The van der Waals surface area contributed by atoms with Gasteiger partial charge in [0.25, 0.3) is 27.0 Å².